The Balaban J connectivity index is 1.39. The first-order chi connectivity index (χ1) is 13.4. The minimum Gasteiger partial charge on any atom is -0.350 e. The quantitative estimate of drug-likeness (QED) is 0.754. The molecule has 0 N–H and O–H groups in total. The summed E-state index contributed by atoms with van der Waals surface area (Å²) in [6.07, 6.45) is 5.17. The summed E-state index contributed by atoms with van der Waals surface area (Å²) in [5.41, 5.74) is 0.346. The molecule has 1 aliphatic heterocycles. The lowest BCUT2D eigenvalue weighted by Gasteiger charge is -2.39. The molecule has 152 valence electrons. The van der Waals surface area contributed by atoms with Gasteiger partial charge in [0, 0.05) is 63.1 Å². The van der Waals surface area contributed by atoms with Gasteiger partial charge in [0.2, 0.25) is 0 Å². The van der Waals surface area contributed by atoms with E-state index in [1.807, 2.05) is 24.1 Å². The lowest BCUT2D eigenvalue weighted by atomic mass is 10.0. The highest BCUT2D eigenvalue weighted by molar-refractivity contribution is 5.44. The van der Waals surface area contributed by atoms with Crippen molar-refractivity contribution in [1.29, 1.82) is 0 Å². The van der Waals surface area contributed by atoms with Crippen LogP contribution in [-0.2, 0) is 19.6 Å². The maximum atomic E-state index is 13.0. The molecule has 0 unspecified atom stereocenters. The first kappa shape index (κ1) is 19.2. The third-order valence-corrected chi connectivity index (χ3v) is 5.70. The molecule has 0 radical (unpaired) electrons. The fourth-order valence-electron chi connectivity index (χ4n) is 3.99. The predicted molar refractivity (Wildman–Crippen MR) is 98.9 cm³/mol. The van der Waals surface area contributed by atoms with Gasteiger partial charge in [0.15, 0.2) is 0 Å². The van der Waals surface area contributed by atoms with Crippen molar-refractivity contribution < 1.29 is 13.2 Å². The summed E-state index contributed by atoms with van der Waals surface area (Å²) in [7, 11) is 2.00. The Morgan fingerprint density at radius 3 is 2.43 bits per heavy atom. The molecule has 2 fully saturated rings. The molecule has 2 aliphatic rings. The van der Waals surface area contributed by atoms with Crippen molar-refractivity contribution in [2.24, 2.45) is 7.05 Å². The van der Waals surface area contributed by atoms with Crippen molar-refractivity contribution in [1.82, 2.24) is 24.4 Å². The maximum Gasteiger partial charge on any atom is 0.433 e. The second kappa shape index (κ2) is 7.69. The van der Waals surface area contributed by atoms with Crippen molar-refractivity contribution in [3.05, 3.63) is 36.3 Å². The molecule has 4 rings (SSSR count). The van der Waals surface area contributed by atoms with Crippen molar-refractivity contribution in [2.75, 3.05) is 24.5 Å². The molecule has 1 aliphatic carbocycles. The molecule has 3 heterocycles. The monoisotopic (exact) mass is 394 g/mol. The van der Waals surface area contributed by atoms with Gasteiger partial charge in [-0.05, 0) is 25.7 Å². The van der Waals surface area contributed by atoms with Gasteiger partial charge in [-0.2, -0.15) is 13.2 Å². The van der Waals surface area contributed by atoms with E-state index >= 15 is 0 Å². The molecular formula is C19H25F3N6. The van der Waals surface area contributed by atoms with Gasteiger partial charge in [0.25, 0.3) is 0 Å². The Kier molecular flexibility index (Phi) is 5.27. The molecule has 6 nitrogen and oxygen atoms in total. The summed E-state index contributed by atoms with van der Waals surface area (Å²) in [5.74, 6) is 0.415. The number of imidazole rings is 1. The fraction of sp³-hybridized carbons (Fsp3) is 0.632. The Labute approximate surface area is 162 Å². The molecule has 0 atom stereocenters. The Morgan fingerprint density at radius 2 is 1.82 bits per heavy atom. The van der Waals surface area contributed by atoms with E-state index < -0.39 is 11.9 Å². The van der Waals surface area contributed by atoms with E-state index in [0.717, 1.165) is 64.1 Å². The highest BCUT2D eigenvalue weighted by Crippen LogP contribution is 2.37. The summed E-state index contributed by atoms with van der Waals surface area (Å²) in [6, 6.07) is 1.64. The topological polar surface area (TPSA) is 50.1 Å². The van der Waals surface area contributed by atoms with Crippen molar-refractivity contribution in [3.8, 4) is 0 Å². The summed E-state index contributed by atoms with van der Waals surface area (Å²) in [5, 5.41) is 0. The summed E-state index contributed by atoms with van der Waals surface area (Å²) in [4.78, 5) is 16.3. The van der Waals surface area contributed by atoms with Crippen LogP contribution in [0.4, 0.5) is 19.0 Å². The average Bonchev–Trinajstić information content (AvgIpc) is 3.42. The fourth-order valence-corrected chi connectivity index (χ4v) is 3.99. The van der Waals surface area contributed by atoms with Gasteiger partial charge in [-0.15, -0.1) is 0 Å². The predicted octanol–water partition coefficient (Wildman–Crippen LogP) is 2.90. The number of hydrogen-bond donors (Lipinski definition) is 0. The van der Waals surface area contributed by atoms with Gasteiger partial charge in [-0.25, -0.2) is 15.0 Å². The van der Waals surface area contributed by atoms with Crippen LogP contribution < -0.4 is 4.90 Å². The Hall–Kier alpha value is -2.16. The van der Waals surface area contributed by atoms with E-state index in [0.29, 0.717) is 11.9 Å². The van der Waals surface area contributed by atoms with Crippen LogP contribution in [0.1, 0.15) is 37.1 Å². The van der Waals surface area contributed by atoms with Crippen LogP contribution in [0.15, 0.2) is 24.9 Å². The third-order valence-electron chi connectivity index (χ3n) is 5.70. The van der Waals surface area contributed by atoms with Gasteiger partial charge in [0.05, 0.1) is 6.33 Å². The number of anilines is 1. The van der Waals surface area contributed by atoms with E-state index in [1.54, 1.807) is 0 Å². The highest BCUT2D eigenvalue weighted by Gasteiger charge is 2.38. The summed E-state index contributed by atoms with van der Waals surface area (Å²) < 4.78 is 41.2. The lowest BCUT2D eigenvalue weighted by molar-refractivity contribution is -0.141. The van der Waals surface area contributed by atoms with Gasteiger partial charge in [-0.3, -0.25) is 0 Å². The van der Waals surface area contributed by atoms with Crippen molar-refractivity contribution in [3.63, 3.8) is 0 Å². The molecule has 1 saturated carbocycles. The number of hydrogen-bond acceptors (Lipinski definition) is 5. The van der Waals surface area contributed by atoms with Crippen LogP contribution in [0.5, 0.6) is 0 Å². The highest BCUT2D eigenvalue weighted by atomic mass is 19.4. The first-order valence-electron chi connectivity index (χ1n) is 9.77. The van der Waals surface area contributed by atoms with Crippen LogP contribution in [0.3, 0.4) is 0 Å². The number of likely N-dealkylation sites (tertiary alicyclic amines) is 1. The molecule has 9 heteroatoms. The van der Waals surface area contributed by atoms with Crippen LogP contribution in [0.2, 0.25) is 0 Å². The maximum absolute atomic E-state index is 13.0. The Morgan fingerprint density at radius 1 is 1.11 bits per heavy atom. The number of aromatic nitrogens is 4. The van der Waals surface area contributed by atoms with Gasteiger partial charge >= 0.3 is 6.18 Å². The minimum atomic E-state index is -4.44. The standard InChI is InChI=1S/C19H25F3N6/c1-26-13-23-11-16(26)6-9-27-7-4-15(5-8-27)28(14-2-3-14)18-10-17(19(20,21)22)24-12-25-18/h10-15H,2-9H2,1H3. The zero-order chi connectivity index (χ0) is 19.7. The molecule has 0 amide bonds. The van der Waals surface area contributed by atoms with Crippen LogP contribution in [0.25, 0.3) is 0 Å². The van der Waals surface area contributed by atoms with E-state index in [2.05, 4.69) is 24.8 Å². The zero-order valence-corrected chi connectivity index (χ0v) is 15.9. The second-order valence-electron chi connectivity index (χ2n) is 7.72. The lowest BCUT2D eigenvalue weighted by Crippen LogP contribution is -2.47. The SMILES string of the molecule is Cn1cncc1CCN1CCC(N(c2cc(C(F)(F)F)ncn2)C2CC2)CC1. The second-order valence-corrected chi connectivity index (χ2v) is 7.72. The smallest absolute Gasteiger partial charge is 0.350 e. The van der Waals surface area contributed by atoms with E-state index in [4.69, 9.17) is 0 Å². The number of aryl methyl sites for hydroxylation is 1. The number of piperidine rings is 1. The van der Waals surface area contributed by atoms with Crippen molar-refractivity contribution in [2.45, 2.75) is 50.4 Å². The number of alkyl halides is 3. The molecule has 28 heavy (non-hydrogen) atoms. The number of halogens is 3. The third kappa shape index (κ3) is 4.29. The molecular weight excluding hydrogens is 369 g/mol. The number of nitrogens with zero attached hydrogens (tertiary/aromatic N) is 6. The van der Waals surface area contributed by atoms with E-state index in [1.165, 1.54) is 5.69 Å². The summed E-state index contributed by atoms with van der Waals surface area (Å²) in [6.45, 7) is 2.87. The van der Waals surface area contributed by atoms with Crippen LogP contribution >= 0.6 is 0 Å². The van der Waals surface area contributed by atoms with Gasteiger partial charge in [-0.1, -0.05) is 0 Å². The van der Waals surface area contributed by atoms with Crippen LogP contribution in [-0.4, -0.2) is 56.1 Å². The molecule has 0 bridgehead atoms. The average molecular weight is 394 g/mol. The molecule has 2 aromatic rings. The first-order valence-corrected chi connectivity index (χ1v) is 9.77. The van der Waals surface area contributed by atoms with Gasteiger partial charge in [0.1, 0.15) is 17.8 Å². The normalized spacial score (nSPS) is 19.1. The van der Waals surface area contributed by atoms with Crippen molar-refractivity contribution >= 4 is 5.82 Å². The van der Waals surface area contributed by atoms with E-state index in [9.17, 15) is 13.2 Å². The molecule has 1 saturated heterocycles. The summed E-state index contributed by atoms with van der Waals surface area (Å²) >= 11 is 0. The molecule has 0 aromatic carbocycles. The largest absolute Gasteiger partial charge is 0.433 e. The van der Waals surface area contributed by atoms with Gasteiger partial charge < -0.3 is 14.4 Å². The number of rotatable bonds is 6. The van der Waals surface area contributed by atoms with Crippen LogP contribution in [0, 0.1) is 0 Å². The molecule has 2 aromatic heterocycles. The Bertz CT molecular complexity index is 793. The zero-order valence-electron chi connectivity index (χ0n) is 15.9. The molecule has 0 spiro atoms. The minimum absolute atomic E-state index is 0.233. The van der Waals surface area contributed by atoms with E-state index in [-0.39, 0.29) is 6.04 Å².